The largest absolute Gasteiger partial charge is 0.490 e. The van der Waals surface area contributed by atoms with Crippen molar-refractivity contribution in [1.82, 2.24) is 10.2 Å². The molecule has 3 amide bonds. The average molecular weight is 357 g/mol. The summed E-state index contributed by atoms with van der Waals surface area (Å²) in [6, 6.07) is 5.89. The molecule has 1 atom stereocenters. The number of benzene rings is 1. The molecule has 1 aromatic rings. The number of nitrogens with zero attached hydrogens (tertiary/aromatic N) is 2. The maximum absolute atomic E-state index is 12.2. The van der Waals surface area contributed by atoms with Crippen molar-refractivity contribution >= 4 is 23.9 Å². The van der Waals surface area contributed by atoms with E-state index in [9.17, 15) is 14.4 Å². The van der Waals surface area contributed by atoms with E-state index < -0.39 is 0 Å². The highest BCUT2D eigenvalue weighted by Gasteiger charge is 2.34. The lowest BCUT2D eigenvalue weighted by atomic mass is 9.89. The van der Waals surface area contributed by atoms with Crippen LogP contribution in [0.5, 0.6) is 5.75 Å². The summed E-state index contributed by atoms with van der Waals surface area (Å²) in [5.74, 6) is 0.804. The number of fused-ring (bicyclic) bond motifs is 1. The number of rotatable bonds is 3. The minimum Gasteiger partial charge on any atom is -0.490 e. The molecule has 1 aromatic carbocycles. The lowest BCUT2D eigenvalue weighted by Gasteiger charge is -2.38. The topological polar surface area (TPSA) is 79.0 Å². The number of imide groups is 1. The van der Waals surface area contributed by atoms with Crippen molar-refractivity contribution in [3.8, 4) is 5.75 Å². The predicted octanol–water partition coefficient (Wildman–Crippen LogP) is 1.03. The summed E-state index contributed by atoms with van der Waals surface area (Å²) in [4.78, 5) is 38.4. The summed E-state index contributed by atoms with van der Waals surface area (Å²) < 4.78 is 5.87. The van der Waals surface area contributed by atoms with Crippen molar-refractivity contribution in [2.24, 2.45) is 0 Å². The van der Waals surface area contributed by atoms with Gasteiger partial charge in [0.25, 0.3) is 0 Å². The van der Waals surface area contributed by atoms with Gasteiger partial charge in [-0.05, 0) is 42.9 Å². The Labute approximate surface area is 152 Å². The second-order valence-corrected chi connectivity index (χ2v) is 7.15. The van der Waals surface area contributed by atoms with Crippen LogP contribution >= 0.6 is 0 Å². The van der Waals surface area contributed by atoms with Gasteiger partial charge in [0.1, 0.15) is 18.4 Å². The summed E-state index contributed by atoms with van der Waals surface area (Å²) in [6.07, 6.45) is 3.74. The van der Waals surface area contributed by atoms with Crippen LogP contribution in [0.15, 0.2) is 18.2 Å². The number of carbonyl (C=O) groups is 3. The molecule has 0 aromatic heterocycles. The molecule has 0 aliphatic carbocycles. The van der Waals surface area contributed by atoms with Gasteiger partial charge in [0.2, 0.25) is 18.2 Å². The monoisotopic (exact) mass is 357 g/mol. The zero-order valence-corrected chi connectivity index (χ0v) is 14.6. The lowest BCUT2D eigenvalue weighted by Crippen LogP contribution is -2.54. The van der Waals surface area contributed by atoms with E-state index in [0.717, 1.165) is 43.8 Å². The highest BCUT2D eigenvalue weighted by atomic mass is 16.5. The summed E-state index contributed by atoms with van der Waals surface area (Å²) in [5, 5.41) is 2.44. The smallest absolute Gasteiger partial charge is 0.249 e. The third-order valence-corrected chi connectivity index (χ3v) is 5.62. The first-order chi connectivity index (χ1) is 12.7. The summed E-state index contributed by atoms with van der Waals surface area (Å²) >= 11 is 0. The molecule has 2 fully saturated rings. The Morgan fingerprint density at radius 2 is 1.92 bits per heavy atom. The molecule has 4 rings (SSSR count). The van der Waals surface area contributed by atoms with Gasteiger partial charge in [-0.1, -0.05) is 6.07 Å². The molecule has 138 valence electrons. The fourth-order valence-corrected chi connectivity index (χ4v) is 4.15. The van der Waals surface area contributed by atoms with Crippen LogP contribution < -0.4 is 15.0 Å². The summed E-state index contributed by atoms with van der Waals surface area (Å²) in [7, 11) is 0. The molecular weight excluding hydrogens is 334 g/mol. The van der Waals surface area contributed by atoms with Gasteiger partial charge in [-0.3, -0.25) is 19.7 Å². The number of anilines is 1. The Hall–Kier alpha value is -2.57. The van der Waals surface area contributed by atoms with Crippen LogP contribution in [0.25, 0.3) is 0 Å². The molecule has 0 spiro atoms. The zero-order valence-electron chi connectivity index (χ0n) is 14.6. The number of hydrogen-bond acceptors (Lipinski definition) is 5. The summed E-state index contributed by atoms with van der Waals surface area (Å²) in [5.41, 5.74) is 2.14. The number of likely N-dealkylation sites (tertiary alicyclic amines) is 1. The molecule has 26 heavy (non-hydrogen) atoms. The van der Waals surface area contributed by atoms with Gasteiger partial charge in [-0.15, -0.1) is 0 Å². The molecule has 3 aliphatic heterocycles. The Balaban J connectivity index is 1.53. The molecule has 7 heteroatoms. The van der Waals surface area contributed by atoms with E-state index in [1.54, 1.807) is 0 Å². The molecule has 0 radical (unpaired) electrons. The Morgan fingerprint density at radius 1 is 1.12 bits per heavy atom. The lowest BCUT2D eigenvalue weighted by molar-refractivity contribution is -0.134. The average Bonchev–Trinajstić information content (AvgIpc) is 2.67. The number of hydrogen-bond donors (Lipinski definition) is 1. The highest BCUT2D eigenvalue weighted by molar-refractivity contribution is 6.01. The van der Waals surface area contributed by atoms with E-state index in [1.165, 1.54) is 5.56 Å². The second kappa shape index (κ2) is 6.97. The van der Waals surface area contributed by atoms with E-state index in [-0.39, 0.29) is 17.9 Å². The molecule has 3 heterocycles. The number of nitrogens with one attached hydrogen (secondary N) is 1. The van der Waals surface area contributed by atoms with Crippen molar-refractivity contribution in [3.63, 3.8) is 0 Å². The molecular formula is C19H23N3O4. The van der Waals surface area contributed by atoms with Gasteiger partial charge in [0.05, 0.1) is 12.2 Å². The van der Waals surface area contributed by atoms with Gasteiger partial charge in [0, 0.05) is 19.5 Å². The molecule has 1 unspecified atom stereocenters. The van der Waals surface area contributed by atoms with Crippen LogP contribution in [-0.4, -0.2) is 55.4 Å². The minimum absolute atomic E-state index is 0.197. The molecule has 7 nitrogen and oxygen atoms in total. The molecule has 2 saturated heterocycles. The van der Waals surface area contributed by atoms with E-state index in [4.69, 9.17) is 4.74 Å². The number of carbonyl (C=O) groups excluding carboxylic acids is 3. The standard InChI is InChI=1S/C19H23N3O4/c23-12-21-7-5-13(6-8-21)14-1-2-15-17(11-14)26-10-9-22(15)16-3-4-18(24)20-19(16)25/h1-2,11-13,16H,3-10H2,(H,20,24,25). The molecule has 3 aliphatic rings. The van der Waals surface area contributed by atoms with Crippen LogP contribution in [0.4, 0.5) is 5.69 Å². The number of ether oxygens (including phenoxy) is 1. The second-order valence-electron chi connectivity index (χ2n) is 7.15. The van der Waals surface area contributed by atoms with Crippen molar-refractivity contribution in [2.45, 2.75) is 37.6 Å². The predicted molar refractivity (Wildman–Crippen MR) is 95.1 cm³/mol. The van der Waals surface area contributed by atoms with Gasteiger partial charge >= 0.3 is 0 Å². The fourth-order valence-electron chi connectivity index (χ4n) is 4.15. The Bertz CT molecular complexity index is 727. The minimum atomic E-state index is -0.322. The number of amides is 3. The van der Waals surface area contributed by atoms with Crippen LogP contribution in [0.3, 0.4) is 0 Å². The van der Waals surface area contributed by atoms with E-state index >= 15 is 0 Å². The van der Waals surface area contributed by atoms with E-state index in [0.29, 0.717) is 31.9 Å². The van der Waals surface area contributed by atoms with Gasteiger partial charge in [0.15, 0.2) is 0 Å². The summed E-state index contributed by atoms with van der Waals surface area (Å²) in [6.45, 7) is 2.73. The highest BCUT2D eigenvalue weighted by Crippen LogP contribution is 2.38. The molecule has 0 saturated carbocycles. The Morgan fingerprint density at radius 3 is 2.65 bits per heavy atom. The molecule has 1 N–H and O–H groups in total. The van der Waals surface area contributed by atoms with Crippen molar-refractivity contribution in [2.75, 3.05) is 31.1 Å². The first kappa shape index (κ1) is 16.9. The van der Waals surface area contributed by atoms with Gasteiger partial charge in [-0.25, -0.2) is 0 Å². The SMILES string of the molecule is O=CN1CCC(c2ccc3c(c2)OCCN3C2CCC(=O)NC2=O)CC1. The van der Waals surface area contributed by atoms with Crippen LogP contribution in [0.2, 0.25) is 0 Å². The molecule has 0 bridgehead atoms. The quantitative estimate of drug-likeness (QED) is 0.646. The van der Waals surface area contributed by atoms with E-state index in [1.807, 2.05) is 11.0 Å². The van der Waals surface area contributed by atoms with Crippen LogP contribution in [-0.2, 0) is 14.4 Å². The number of piperidine rings is 2. The fraction of sp³-hybridized carbons (Fsp3) is 0.526. The normalized spacial score (nSPS) is 23.9. The van der Waals surface area contributed by atoms with Crippen molar-refractivity contribution < 1.29 is 19.1 Å². The van der Waals surface area contributed by atoms with Crippen LogP contribution in [0, 0.1) is 0 Å². The van der Waals surface area contributed by atoms with Crippen LogP contribution in [0.1, 0.15) is 37.2 Å². The first-order valence-electron chi connectivity index (χ1n) is 9.22. The zero-order chi connectivity index (χ0) is 18.1. The Kier molecular flexibility index (Phi) is 4.53. The third-order valence-electron chi connectivity index (χ3n) is 5.62. The maximum atomic E-state index is 12.2. The van der Waals surface area contributed by atoms with Crippen molar-refractivity contribution in [3.05, 3.63) is 23.8 Å². The van der Waals surface area contributed by atoms with Gasteiger partial charge in [-0.2, -0.15) is 0 Å². The van der Waals surface area contributed by atoms with Crippen molar-refractivity contribution in [1.29, 1.82) is 0 Å². The van der Waals surface area contributed by atoms with E-state index in [2.05, 4.69) is 22.3 Å². The first-order valence-corrected chi connectivity index (χ1v) is 9.22. The van der Waals surface area contributed by atoms with Gasteiger partial charge < -0.3 is 14.5 Å². The third kappa shape index (κ3) is 3.13. The maximum Gasteiger partial charge on any atom is 0.249 e.